The van der Waals surface area contributed by atoms with E-state index in [2.05, 4.69) is 6.07 Å². The predicted molar refractivity (Wildman–Crippen MR) is 110 cm³/mol. The standard InChI is InChI=1S/C23H20N4O2/c1-26(2)16-5-3-14(4-6-16)17-10-20-18-11-22-21(28-13-29-22)9-15(18)7-8-27(20)23(25)19(17)12-24/h3-6,9-11,25H,7-8,13H2,1-2H3. The maximum atomic E-state index is 9.80. The Bertz CT molecular complexity index is 1230. The summed E-state index contributed by atoms with van der Waals surface area (Å²) in [5, 5.41) is 18.5. The highest BCUT2D eigenvalue weighted by atomic mass is 16.7. The molecule has 3 heterocycles. The zero-order chi connectivity index (χ0) is 20.1. The number of nitrogens with one attached hydrogen (secondary N) is 1. The highest BCUT2D eigenvalue weighted by molar-refractivity contribution is 5.79. The van der Waals surface area contributed by atoms with Crippen LogP contribution in [0.1, 0.15) is 11.1 Å². The Morgan fingerprint density at radius 3 is 2.45 bits per heavy atom. The molecule has 1 N–H and O–H groups in total. The molecule has 5 rings (SSSR count). The molecule has 6 heteroatoms. The lowest BCUT2D eigenvalue weighted by Gasteiger charge is -2.24. The van der Waals surface area contributed by atoms with Crippen molar-refractivity contribution in [1.82, 2.24) is 4.57 Å². The number of rotatable bonds is 2. The van der Waals surface area contributed by atoms with Crippen LogP contribution in [0.15, 0.2) is 42.5 Å². The molecule has 0 unspecified atom stereocenters. The molecular formula is C23H20N4O2. The van der Waals surface area contributed by atoms with Gasteiger partial charge in [0.15, 0.2) is 11.5 Å². The number of nitrogens with zero attached hydrogens (tertiary/aromatic N) is 3. The summed E-state index contributed by atoms with van der Waals surface area (Å²) in [5.74, 6) is 1.50. The summed E-state index contributed by atoms with van der Waals surface area (Å²) in [6, 6.07) is 16.4. The van der Waals surface area contributed by atoms with Crippen LogP contribution in [0.2, 0.25) is 0 Å². The van der Waals surface area contributed by atoms with Crippen LogP contribution in [-0.4, -0.2) is 25.5 Å². The lowest BCUT2D eigenvalue weighted by Crippen LogP contribution is -2.28. The van der Waals surface area contributed by atoms with Gasteiger partial charge >= 0.3 is 0 Å². The first-order valence-corrected chi connectivity index (χ1v) is 9.50. The zero-order valence-corrected chi connectivity index (χ0v) is 16.3. The van der Waals surface area contributed by atoms with Crippen LogP contribution in [-0.2, 0) is 13.0 Å². The Hall–Kier alpha value is -3.72. The summed E-state index contributed by atoms with van der Waals surface area (Å²) in [6.07, 6.45) is 0.789. The lowest BCUT2D eigenvalue weighted by molar-refractivity contribution is 0.174. The fraction of sp³-hybridized carbons (Fsp3) is 0.217. The maximum Gasteiger partial charge on any atom is 0.231 e. The van der Waals surface area contributed by atoms with E-state index in [9.17, 15) is 5.26 Å². The Balaban J connectivity index is 1.73. The lowest BCUT2D eigenvalue weighted by atomic mass is 9.92. The number of pyridine rings is 1. The summed E-state index contributed by atoms with van der Waals surface area (Å²) in [7, 11) is 3.99. The van der Waals surface area contributed by atoms with E-state index in [-0.39, 0.29) is 12.3 Å². The third kappa shape index (κ3) is 2.66. The third-order valence-electron chi connectivity index (χ3n) is 5.63. The van der Waals surface area contributed by atoms with Crippen LogP contribution < -0.4 is 19.9 Å². The van der Waals surface area contributed by atoms with Crippen molar-refractivity contribution in [2.24, 2.45) is 0 Å². The van der Waals surface area contributed by atoms with Crippen LogP contribution in [0.5, 0.6) is 11.5 Å². The zero-order valence-electron chi connectivity index (χ0n) is 16.3. The van der Waals surface area contributed by atoms with Gasteiger partial charge < -0.3 is 18.9 Å². The van der Waals surface area contributed by atoms with Gasteiger partial charge in [-0.15, -0.1) is 0 Å². The quantitative estimate of drug-likeness (QED) is 0.734. The van der Waals surface area contributed by atoms with Crippen molar-refractivity contribution < 1.29 is 9.47 Å². The van der Waals surface area contributed by atoms with Crippen molar-refractivity contribution in [3.8, 4) is 40.0 Å². The van der Waals surface area contributed by atoms with Crippen molar-refractivity contribution in [1.29, 1.82) is 10.7 Å². The number of hydrogen-bond acceptors (Lipinski definition) is 5. The molecule has 0 amide bonds. The summed E-state index contributed by atoms with van der Waals surface area (Å²) >= 11 is 0. The number of aromatic nitrogens is 1. The number of fused-ring (bicyclic) bond motifs is 4. The molecule has 2 aromatic carbocycles. The second kappa shape index (κ2) is 6.42. The van der Waals surface area contributed by atoms with E-state index in [0.717, 1.165) is 46.0 Å². The van der Waals surface area contributed by atoms with E-state index in [1.54, 1.807) is 0 Å². The van der Waals surface area contributed by atoms with E-state index >= 15 is 0 Å². The van der Waals surface area contributed by atoms with E-state index in [4.69, 9.17) is 14.9 Å². The molecular weight excluding hydrogens is 364 g/mol. The Morgan fingerprint density at radius 1 is 1.03 bits per heavy atom. The normalized spacial score (nSPS) is 13.4. The summed E-state index contributed by atoms with van der Waals surface area (Å²) in [6.45, 7) is 0.897. The minimum atomic E-state index is 0.235. The molecule has 3 aromatic rings. The smallest absolute Gasteiger partial charge is 0.231 e. The molecule has 2 aliphatic rings. The van der Waals surface area contributed by atoms with Gasteiger partial charge in [-0.2, -0.15) is 5.26 Å². The van der Waals surface area contributed by atoms with Gasteiger partial charge in [0, 0.05) is 37.5 Å². The van der Waals surface area contributed by atoms with Gasteiger partial charge in [-0.3, -0.25) is 5.41 Å². The Morgan fingerprint density at radius 2 is 1.76 bits per heavy atom. The Labute approximate surface area is 168 Å². The molecule has 0 bridgehead atoms. The van der Waals surface area contributed by atoms with Crippen LogP contribution >= 0.6 is 0 Å². The van der Waals surface area contributed by atoms with E-state index < -0.39 is 0 Å². The van der Waals surface area contributed by atoms with E-state index in [1.807, 2.05) is 66.0 Å². The van der Waals surface area contributed by atoms with Crippen LogP contribution in [0, 0.1) is 16.7 Å². The average Bonchev–Trinajstić information content (AvgIpc) is 3.19. The third-order valence-corrected chi connectivity index (χ3v) is 5.63. The van der Waals surface area contributed by atoms with Crippen molar-refractivity contribution >= 4 is 5.69 Å². The van der Waals surface area contributed by atoms with Crippen molar-refractivity contribution in [3.05, 3.63) is 59.1 Å². The fourth-order valence-corrected chi connectivity index (χ4v) is 4.07. The summed E-state index contributed by atoms with van der Waals surface area (Å²) in [4.78, 5) is 2.03. The largest absolute Gasteiger partial charge is 0.454 e. The topological polar surface area (TPSA) is 74.3 Å². The van der Waals surface area contributed by atoms with Crippen molar-refractivity contribution in [2.45, 2.75) is 13.0 Å². The summed E-state index contributed by atoms with van der Waals surface area (Å²) < 4.78 is 13.0. The minimum absolute atomic E-state index is 0.235. The molecule has 29 heavy (non-hydrogen) atoms. The van der Waals surface area contributed by atoms with Gasteiger partial charge in [0.05, 0.1) is 5.69 Å². The minimum Gasteiger partial charge on any atom is -0.454 e. The molecule has 2 aliphatic heterocycles. The SMILES string of the molecule is CN(C)c1ccc(-c2cc3n(c(=N)c2C#N)CCc2cc4c(cc2-3)OCO4)cc1. The number of nitriles is 1. The number of ether oxygens (including phenoxy) is 2. The van der Waals surface area contributed by atoms with Gasteiger partial charge in [0.1, 0.15) is 17.1 Å². The van der Waals surface area contributed by atoms with Crippen LogP contribution in [0.4, 0.5) is 5.69 Å². The molecule has 6 nitrogen and oxygen atoms in total. The van der Waals surface area contributed by atoms with Crippen LogP contribution in [0.3, 0.4) is 0 Å². The summed E-state index contributed by atoms with van der Waals surface area (Å²) in [5.41, 5.74) is 6.58. The second-order valence-electron chi connectivity index (χ2n) is 7.48. The van der Waals surface area contributed by atoms with Crippen molar-refractivity contribution in [3.63, 3.8) is 0 Å². The molecule has 144 valence electrons. The first-order valence-electron chi connectivity index (χ1n) is 9.50. The monoisotopic (exact) mass is 384 g/mol. The number of benzene rings is 2. The van der Waals surface area contributed by atoms with E-state index in [0.29, 0.717) is 12.1 Å². The van der Waals surface area contributed by atoms with Gasteiger partial charge in [0.2, 0.25) is 6.79 Å². The fourth-order valence-electron chi connectivity index (χ4n) is 4.07. The molecule has 0 radical (unpaired) electrons. The van der Waals surface area contributed by atoms with E-state index in [1.165, 1.54) is 5.56 Å². The van der Waals surface area contributed by atoms with Gasteiger partial charge in [-0.05, 0) is 47.9 Å². The van der Waals surface area contributed by atoms with Crippen LogP contribution in [0.25, 0.3) is 22.4 Å². The second-order valence-corrected chi connectivity index (χ2v) is 7.48. The highest BCUT2D eigenvalue weighted by Gasteiger charge is 2.24. The van der Waals surface area contributed by atoms with Crippen molar-refractivity contribution in [2.75, 3.05) is 25.8 Å². The van der Waals surface area contributed by atoms with Gasteiger partial charge in [0.25, 0.3) is 0 Å². The van der Waals surface area contributed by atoms with Gasteiger partial charge in [-0.25, -0.2) is 0 Å². The number of anilines is 1. The van der Waals surface area contributed by atoms with Gasteiger partial charge in [-0.1, -0.05) is 12.1 Å². The maximum absolute atomic E-state index is 9.80. The first kappa shape index (κ1) is 17.4. The number of aryl methyl sites for hydroxylation is 1. The number of hydrogen-bond donors (Lipinski definition) is 1. The molecule has 0 atom stereocenters. The first-order chi connectivity index (χ1) is 14.1. The molecule has 0 saturated carbocycles. The molecule has 0 fully saturated rings. The average molecular weight is 384 g/mol. The molecule has 0 spiro atoms. The predicted octanol–water partition coefficient (Wildman–Crippen LogP) is 3.52. The highest BCUT2D eigenvalue weighted by Crippen LogP contribution is 2.41. The Kier molecular flexibility index (Phi) is 3.85. The molecule has 0 saturated heterocycles. The molecule has 1 aromatic heterocycles. The molecule has 0 aliphatic carbocycles.